The molecule has 0 spiro atoms. The quantitative estimate of drug-likeness (QED) is 0.725. The molecule has 120 valence electrons. The first-order valence-electron chi connectivity index (χ1n) is 8.82. The highest BCUT2D eigenvalue weighted by molar-refractivity contribution is 5.93. The summed E-state index contributed by atoms with van der Waals surface area (Å²) in [4.78, 5) is 7.20. The fourth-order valence-corrected chi connectivity index (χ4v) is 4.07. The molecule has 3 aromatic rings. The molecule has 1 aliphatic heterocycles. The third-order valence-electron chi connectivity index (χ3n) is 5.25. The zero-order chi connectivity index (χ0) is 15.8. The van der Waals surface area contributed by atoms with Crippen molar-refractivity contribution < 1.29 is 0 Å². The molecular formula is C20H25N3. The zero-order valence-electron chi connectivity index (χ0n) is 14.2. The Bertz CT molecular complexity index is 841. The topological polar surface area (TPSA) is 20.5 Å². The van der Waals surface area contributed by atoms with E-state index in [1.807, 2.05) is 6.20 Å². The molecule has 0 bridgehead atoms. The van der Waals surface area contributed by atoms with Crippen LogP contribution < -0.4 is 0 Å². The number of benzene rings is 1. The number of piperidine rings is 1. The molecule has 1 aliphatic rings. The Kier molecular flexibility index (Phi) is 3.82. The van der Waals surface area contributed by atoms with Gasteiger partial charge in [0, 0.05) is 18.1 Å². The molecule has 2 aromatic heterocycles. The molecule has 3 heterocycles. The fraction of sp³-hybridized carbons (Fsp3) is 0.450. The van der Waals surface area contributed by atoms with Crippen LogP contribution in [0.3, 0.4) is 0 Å². The summed E-state index contributed by atoms with van der Waals surface area (Å²) in [6, 6.07) is 8.78. The van der Waals surface area contributed by atoms with E-state index in [1.165, 1.54) is 66.4 Å². The van der Waals surface area contributed by atoms with Crippen molar-refractivity contribution in [3.63, 3.8) is 0 Å². The minimum Gasteiger partial charge on any atom is -0.303 e. The lowest BCUT2D eigenvalue weighted by Crippen LogP contribution is -2.31. The first kappa shape index (κ1) is 14.7. The van der Waals surface area contributed by atoms with Gasteiger partial charge in [-0.25, -0.2) is 4.98 Å². The summed E-state index contributed by atoms with van der Waals surface area (Å²) < 4.78 is 2.34. The minimum atomic E-state index is 1.08. The maximum absolute atomic E-state index is 4.57. The van der Waals surface area contributed by atoms with Crippen molar-refractivity contribution in [2.75, 3.05) is 19.6 Å². The SMILES string of the molecule is Cc1cnc(C)n2c1c(CCN1CCCCC1)c1ccccc12. The average molecular weight is 307 g/mol. The van der Waals surface area contributed by atoms with Crippen molar-refractivity contribution in [1.82, 2.24) is 14.3 Å². The van der Waals surface area contributed by atoms with Crippen molar-refractivity contribution in [3.05, 3.63) is 47.4 Å². The molecule has 0 saturated carbocycles. The monoisotopic (exact) mass is 307 g/mol. The van der Waals surface area contributed by atoms with Crippen molar-refractivity contribution in [2.24, 2.45) is 0 Å². The Hall–Kier alpha value is -1.87. The van der Waals surface area contributed by atoms with E-state index in [0.717, 1.165) is 12.2 Å². The second-order valence-electron chi connectivity index (χ2n) is 6.82. The first-order valence-corrected chi connectivity index (χ1v) is 8.82. The number of hydrogen-bond donors (Lipinski definition) is 0. The fourth-order valence-electron chi connectivity index (χ4n) is 4.07. The summed E-state index contributed by atoms with van der Waals surface area (Å²) in [5.74, 6) is 1.08. The van der Waals surface area contributed by atoms with Crippen LogP contribution in [0.1, 0.15) is 36.2 Å². The van der Waals surface area contributed by atoms with Gasteiger partial charge in [0.05, 0.1) is 11.0 Å². The van der Waals surface area contributed by atoms with Gasteiger partial charge in [0.15, 0.2) is 0 Å². The van der Waals surface area contributed by atoms with Gasteiger partial charge in [0.25, 0.3) is 0 Å². The number of likely N-dealkylation sites (tertiary alicyclic amines) is 1. The molecule has 0 unspecified atom stereocenters. The number of rotatable bonds is 3. The van der Waals surface area contributed by atoms with E-state index in [4.69, 9.17) is 0 Å². The second-order valence-corrected chi connectivity index (χ2v) is 6.82. The predicted molar refractivity (Wildman–Crippen MR) is 96.2 cm³/mol. The summed E-state index contributed by atoms with van der Waals surface area (Å²) in [6.45, 7) is 8.00. The molecule has 0 N–H and O–H groups in total. The van der Waals surface area contributed by atoms with Crippen molar-refractivity contribution in [1.29, 1.82) is 0 Å². The highest BCUT2D eigenvalue weighted by atomic mass is 15.1. The Morgan fingerprint density at radius 3 is 2.65 bits per heavy atom. The van der Waals surface area contributed by atoms with Gasteiger partial charge < -0.3 is 4.90 Å². The molecule has 0 aliphatic carbocycles. The smallest absolute Gasteiger partial charge is 0.110 e. The molecule has 3 heteroatoms. The Morgan fingerprint density at radius 1 is 1.04 bits per heavy atom. The van der Waals surface area contributed by atoms with Crippen LogP contribution in [0.15, 0.2) is 30.5 Å². The largest absolute Gasteiger partial charge is 0.303 e. The van der Waals surface area contributed by atoms with Crippen molar-refractivity contribution in [3.8, 4) is 0 Å². The molecule has 23 heavy (non-hydrogen) atoms. The van der Waals surface area contributed by atoms with Crippen LogP contribution in [0.4, 0.5) is 0 Å². The van der Waals surface area contributed by atoms with Crippen LogP contribution in [-0.2, 0) is 6.42 Å². The lowest BCUT2D eigenvalue weighted by atomic mass is 10.1. The minimum absolute atomic E-state index is 1.08. The number of para-hydroxylation sites is 1. The van der Waals surface area contributed by atoms with Crippen LogP contribution in [0.5, 0.6) is 0 Å². The van der Waals surface area contributed by atoms with Gasteiger partial charge in [0.2, 0.25) is 0 Å². The number of aryl methyl sites for hydroxylation is 2. The highest BCUT2D eigenvalue weighted by Gasteiger charge is 2.17. The number of fused-ring (bicyclic) bond motifs is 3. The maximum atomic E-state index is 4.57. The summed E-state index contributed by atoms with van der Waals surface area (Å²) in [5.41, 5.74) is 5.44. The summed E-state index contributed by atoms with van der Waals surface area (Å²) in [5, 5.41) is 1.39. The van der Waals surface area contributed by atoms with Crippen LogP contribution >= 0.6 is 0 Å². The van der Waals surface area contributed by atoms with Gasteiger partial charge in [-0.1, -0.05) is 24.6 Å². The van der Waals surface area contributed by atoms with Gasteiger partial charge in [-0.05, 0) is 63.4 Å². The Balaban J connectivity index is 1.81. The summed E-state index contributed by atoms with van der Waals surface area (Å²) in [7, 11) is 0. The Labute approximate surface area is 137 Å². The number of nitrogens with zero attached hydrogens (tertiary/aromatic N) is 3. The highest BCUT2D eigenvalue weighted by Crippen LogP contribution is 2.30. The molecule has 0 radical (unpaired) electrons. The average Bonchev–Trinajstić information content (AvgIpc) is 2.93. The van der Waals surface area contributed by atoms with Gasteiger partial charge >= 0.3 is 0 Å². The molecule has 4 rings (SSSR count). The van der Waals surface area contributed by atoms with E-state index in [0.29, 0.717) is 0 Å². The summed E-state index contributed by atoms with van der Waals surface area (Å²) in [6.07, 6.45) is 7.27. The van der Waals surface area contributed by atoms with Gasteiger partial charge in [-0.15, -0.1) is 0 Å². The van der Waals surface area contributed by atoms with E-state index >= 15 is 0 Å². The molecular weight excluding hydrogens is 282 g/mol. The molecule has 0 atom stereocenters. The van der Waals surface area contributed by atoms with E-state index in [9.17, 15) is 0 Å². The van der Waals surface area contributed by atoms with Crippen LogP contribution in [0.25, 0.3) is 16.4 Å². The predicted octanol–water partition coefficient (Wildman–Crippen LogP) is 4.13. The molecule has 0 amide bonds. The molecule has 1 aromatic carbocycles. The van der Waals surface area contributed by atoms with Gasteiger partial charge in [-0.3, -0.25) is 4.40 Å². The zero-order valence-corrected chi connectivity index (χ0v) is 14.2. The van der Waals surface area contributed by atoms with Crippen LogP contribution in [-0.4, -0.2) is 33.9 Å². The van der Waals surface area contributed by atoms with E-state index < -0.39 is 0 Å². The van der Waals surface area contributed by atoms with Crippen LogP contribution in [0, 0.1) is 13.8 Å². The second kappa shape index (κ2) is 5.97. The molecule has 1 fully saturated rings. The van der Waals surface area contributed by atoms with E-state index in [-0.39, 0.29) is 0 Å². The lowest BCUT2D eigenvalue weighted by Gasteiger charge is -2.26. The Morgan fingerprint density at radius 2 is 1.83 bits per heavy atom. The van der Waals surface area contributed by atoms with Crippen LogP contribution in [0.2, 0.25) is 0 Å². The van der Waals surface area contributed by atoms with Gasteiger partial charge in [0.1, 0.15) is 5.82 Å². The standard InChI is InChI=1S/C20H25N3/c1-15-14-21-16(2)23-19-9-5-4-8-17(19)18(20(15)23)10-13-22-11-6-3-7-12-22/h4-5,8-9,14H,3,6-7,10-13H2,1-2H3. The van der Waals surface area contributed by atoms with E-state index in [2.05, 4.69) is 52.4 Å². The van der Waals surface area contributed by atoms with Crippen molar-refractivity contribution >= 4 is 16.4 Å². The lowest BCUT2D eigenvalue weighted by molar-refractivity contribution is 0.232. The molecule has 1 saturated heterocycles. The van der Waals surface area contributed by atoms with Gasteiger partial charge in [-0.2, -0.15) is 0 Å². The maximum Gasteiger partial charge on any atom is 0.110 e. The van der Waals surface area contributed by atoms with Crippen molar-refractivity contribution in [2.45, 2.75) is 39.5 Å². The third-order valence-corrected chi connectivity index (χ3v) is 5.25. The normalized spacial score (nSPS) is 16.4. The summed E-state index contributed by atoms with van der Waals surface area (Å²) >= 11 is 0. The third kappa shape index (κ3) is 2.53. The molecule has 3 nitrogen and oxygen atoms in total. The first-order chi connectivity index (χ1) is 11.3. The van der Waals surface area contributed by atoms with E-state index in [1.54, 1.807) is 0 Å². The number of hydrogen-bond acceptors (Lipinski definition) is 2. The number of aromatic nitrogens is 2.